The van der Waals surface area contributed by atoms with Crippen LogP contribution in [0.3, 0.4) is 0 Å². The van der Waals surface area contributed by atoms with Crippen molar-refractivity contribution in [1.82, 2.24) is 9.62 Å². The number of nitrogens with one attached hydrogen (secondary N) is 1. The van der Waals surface area contributed by atoms with E-state index in [1.807, 2.05) is 7.05 Å². The molecule has 0 saturated carbocycles. The molecule has 1 fully saturated rings. The second-order valence-electron chi connectivity index (χ2n) is 5.31. The topological polar surface area (TPSA) is 49.4 Å². The minimum absolute atomic E-state index is 0.0560. The lowest BCUT2D eigenvalue weighted by Crippen LogP contribution is -2.42. The Morgan fingerprint density at radius 3 is 2.70 bits per heavy atom. The van der Waals surface area contributed by atoms with Crippen LogP contribution in [0, 0.1) is 11.7 Å². The lowest BCUT2D eigenvalue weighted by molar-refractivity contribution is 0.263. The summed E-state index contributed by atoms with van der Waals surface area (Å²) in [7, 11) is -1.44. The lowest BCUT2D eigenvalue weighted by Gasteiger charge is -2.31. The molecule has 0 spiro atoms. The maximum absolute atomic E-state index is 12.8. The molecule has 6 heteroatoms. The van der Waals surface area contributed by atoms with Crippen molar-refractivity contribution in [1.29, 1.82) is 0 Å². The van der Waals surface area contributed by atoms with Gasteiger partial charge in [0.1, 0.15) is 5.82 Å². The first-order valence-electron chi connectivity index (χ1n) is 6.88. The predicted octanol–water partition coefficient (Wildman–Crippen LogP) is 1.59. The number of halogens is 1. The van der Waals surface area contributed by atoms with Gasteiger partial charge in [-0.25, -0.2) is 17.1 Å². The summed E-state index contributed by atoms with van der Waals surface area (Å²) in [6.07, 6.45) is 1.96. The van der Waals surface area contributed by atoms with Gasteiger partial charge in [-0.3, -0.25) is 0 Å². The molecular weight excluding hydrogens is 279 g/mol. The van der Waals surface area contributed by atoms with Crippen molar-refractivity contribution in [2.24, 2.45) is 5.92 Å². The van der Waals surface area contributed by atoms with Crippen molar-refractivity contribution >= 4 is 10.0 Å². The molecule has 1 N–H and O–H groups in total. The first-order valence-corrected chi connectivity index (χ1v) is 8.49. The highest BCUT2D eigenvalue weighted by Gasteiger charge is 2.28. The van der Waals surface area contributed by atoms with Gasteiger partial charge in [0, 0.05) is 13.1 Å². The van der Waals surface area contributed by atoms with Crippen LogP contribution in [-0.2, 0) is 15.8 Å². The van der Waals surface area contributed by atoms with Crippen molar-refractivity contribution in [3.63, 3.8) is 0 Å². The molecule has 1 saturated heterocycles. The fraction of sp³-hybridized carbons (Fsp3) is 0.571. The predicted molar refractivity (Wildman–Crippen MR) is 77.2 cm³/mol. The summed E-state index contributed by atoms with van der Waals surface area (Å²) in [5.74, 6) is -0.0329. The van der Waals surface area contributed by atoms with E-state index in [0.717, 1.165) is 19.4 Å². The molecule has 0 amide bonds. The van der Waals surface area contributed by atoms with Crippen LogP contribution in [-0.4, -0.2) is 39.4 Å². The first kappa shape index (κ1) is 15.4. The molecule has 0 aliphatic carbocycles. The first-order chi connectivity index (χ1) is 9.51. The molecule has 0 bridgehead atoms. The van der Waals surface area contributed by atoms with E-state index in [4.69, 9.17) is 0 Å². The largest absolute Gasteiger partial charge is 0.319 e. The van der Waals surface area contributed by atoms with Gasteiger partial charge >= 0.3 is 0 Å². The summed E-state index contributed by atoms with van der Waals surface area (Å²) >= 11 is 0. The summed E-state index contributed by atoms with van der Waals surface area (Å²) in [5.41, 5.74) is 0.627. The van der Waals surface area contributed by atoms with Gasteiger partial charge in [-0.05, 0) is 50.0 Å². The standard InChI is InChI=1S/C14H21FN2O2S/c1-16-9-13-3-2-8-17(10-13)20(18,19)11-12-4-6-14(15)7-5-12/h4-7,13,16H,2-3,8-11H2,1H3. The highest BCUT2D eigenvalue weighted by molar-refractivity contribution is 7.88. The third-order valence-electron chi connectivity index (χ3n) is 3.63. The number of nitrogens with zero attached hydrogens (tertiary/aromatic N) is 1. The van der Waals surface area contributed by atoms with Gasteiger partial charge < -0.3 is 5.32 Å². The number of hydrogen-bond donors (Lipinski definition) is 1. The maximum Gasteiger partial charge on any atom is 0.218 e. The Bertz CT molecular complexity index is 529. The normalized spacial score (nSPS) is 21.0. The Balaban J connectivity index is 2.04. The van der Waals surface area contributed by atoms with Crippen LogP contribution in [0.1, 0.15) is 18.4 Å². The number of hydrogen-bond acceptors (Lipinski definition) is 3. The minimum Gasteiger partial charge on any atom is -0.319 e. The van der Waals surface area contributed by atoms with Crippen LogP contribution in [0.15, 0.2) is 24.3 Å². The summed E-state index contributed by atoms with van der Waals surface area (Å²) < 4.78 is 39.2. The summed E-state index contributed by atoms with van der Waals surface area (Å²) in [4.78, 5) is 0. The summed E-state index contributed by atoms with van der Waals surface area (Å²) in [6.45, 7) is 2.00. The molecule has 1 aromatic carbocycles. The molecule has 1 heterocycles. The average molecular weight is 300 g/mol. The van der Waals surface area contributed by atoms with Crippen molar-refractivity contribution in [3.8, 4) is 0 Å². The van der Waals surface area contributed by atoms with E-state index >= 15 is 0 Å². The number of rotatable bonds is 5. The van der Waals surface area contributed by atoms with E-state index in [0.29, 0.717) is 24.6 Å². The van der Waals surface area contributed by atoms with Gasteiger partial charge in [-0.1, -0.05) is 12.1 Å². The number of piperidine rings is 1. The zero-order chi connectivity index (χ0) is 14.6. The molecule has 20 heavy (non-hydrogen) atoms. The van der Waals surface area contributed by atoms with Crippen molar-refractivity contribution < 1.29 is 12.8 Å². The van der Waals surface area contributed by atoms with Gasteiger partial charge in [0.2, 0.25) is 10.0 Å². The third-order valence-corrected chi connectivity index (χ3v) is 5.45. The van der Waals surface area contributed by atoms with Gasteiger partial charge in [-0.15, -0.1) is 0 Å². The zero-order valence-electron chi connectivity index (χ0n) is 11.7. The number of sulfonamides is 1. The van der Waals surface area contributed by atoms with E-state index in [1.54, 1.807) is 4.31 Å². The maximum atomic E-state index is 12.8. The van der Waals surface area contributed by atoms with E-state index < -0.39 is 10.0 Å². The summed E-state index contributed by atoms with van der Waals surface area (Å²) in [5, 5.41) is 3.10. The average Bonchev–Trinajstić information content (AvgIpc) is 2.42. The van der Waals surface area contributed by atoms with Crippen LogP contribution in [0.2, 0.25) is 0 Å². The van der Waals surface area contributed by atoms with Crippen molar-refractivity contribution in [3.05, 3.63) is 35.6 Å². The molecule has 112 valence electrons. The molecule has 1 atom stereocenters. The molecule has 1 unspecified atom stereocenters. The monoisotopic (exact) mass is 300 g/mol. The Labute approximate surface area is 120 Å². The van der Waals surface area contributed by atoms with E-state index in [2.05, 4.69) is 5.32 Å². The molecular formula is C14H21FN2O2S. The Hall–Kier alpha value is -0.980. The van der Waals surface area contributed by atoms with Crippen LogP contribution in [0.25, 0.3) is 0 Å². The van der Waals surface area contributed by atoms with E-state index in [9.17, 15) is 12.8 Å². The third kappa shape index (κ3) is 4.01. The van der Waals surface area contributed by atoms with Gasteiger partial charge in [0.15, 0.2) is 0 Å². The van der Waals surface area contributed by atoms with Crippen LogP contribution < -0.4 is 5.32 Å². The lowest BCUT2D eigenvalue weighted by atomic mass is 10.00. The number of benzene rings is 1. The Morgan fingerprint density at radius 1 is 1.35 bits per heavy atom. The van der Waals surface area contributed by atoms with Gasteiger partial charge in [-0.2, -0.15) is 0 Å². The fourth-order valence-corrected chi connectivity index (χ4v) is 4.26. The molecule has 2 rings (SSSR count). The molecule has 1 aromatic rings. The van der Waals surface area contributed by atoms with Crippen molar-refractivity contribution in [2.75, 3.05) is 26.7 Å². The summed E-state index contributed by atoms with van der Waals surface area (Å²) in [6, 6.07) is 5.65. The fourth-order valence-electron chi connectivity index (χ4n) is 2.62. The van der Waals surface area contributed by atoms with E-state index in [1.165, 1.54) is 24.3 Å². The van der Waals surface area contributed by atoms with Gasteiger partial charge in [0.05, 0.1) is 5.75 Å². The van der Waals surface area contributed by atoms with E-state index in [-0.39, 0.29) is 11.6 Å². The second kappa shape index (κ2) is 6.65. The highest BCUT2D eigenvalue weighted by Crippen LogP contribution is 2.21. The molecule has 1 aliphatic rings. The van der Waals surface area contributed by atoms with Crippen LogP contribution >= 0.6 is 0 Å². The molecule has 4 nitrogen and oxygen atoms in total. The smallest absolute Gasteiger partial charge is 0.218 e. The Morgan fingerprint density at radius 2 is 2.05 bits per heavy atom. The molecule has 0 aromatic heterocycles. The Kier molecular flexibility index (Phi) is 5.12. The van der Waals surface area contributed by atoms with Crippen LogP contribution in [0.4, 0.5) is 4.39 Å². The SMILES string of the molecule is CNCC1CCCN(S(=O)(=O)Cc2ccc(F)cc2)C1. The van der Waals surface area contributed by atoms with Crippen LogP contribution in [0.5, 0.6) is 0 Å². The zero-order valence-corrected chi connectivity index (χ0v) is 12.5. The molecule has 0 radical (unpaired) electrons. The minimum atomic E-state index is -3.32. The molecule has 1 aliphatic heterocycles. The second-order valence-corrected chi connectivity index (χ2v) is 7.28. The quantitative estimate of drug-likeness (QED) is 0.898. The van der Waals surface area contributed by atoms with Gasteiger partial charge in [0.25, 0.3) is 0 Å². The highest BCUT2D eigenvalue weighted by atomic mass is 32.2. The van der Waals surface area contributed by atoms with Crippen molar-refractivity contribution in [2.45, 2.75) is 18.6 Å².